The summed E-state index contributed by atoms with van der Waals surface area (Å²) in [7, 11) is -1.67. The molecule has 1 rings (SSSR count). The van der Waals surface area contributed by atoms with Crippen molar-refractivity contribution >= 4 is 31.7 Å². The molecule has 0 N–H and O–H groups in total. The maximum atomic E-state index is 11.6. The van der Waals surface area contributed by atoms with Crippen LogP contribution in [0.15, 0.2) is 22.6 Å². The molecule has 0 radical (unpaired) electrons. The maximum Gasteiger partial charge on any atom is 0.303 e. The summed E-state index contributed by atoms with van der Waals surface area (Å²) in [6.45, 7) is 22.3. The van der Waals surface area contributed by atoms with Gasteiger partial charge in [0, 0.05) is 25.3 Å². The lowest BCUT2D eigenvalue weighted by molar-refractivity contribution is -0.144. The lowest BCUT2D eigenvalue weighted by atomic mass is 10.0. The van der Waals surface area contributed by atoms with Gasteiger partial charge in [0.25, 0.3) is 0 Å². The van der Waals surface area contributed by atoms with Gasteiger partial charge in [0.05, 0.1) is 10.7 Å². The van der Waals surface area contributed by atoms with Crippen LogP contribution < -0.4 is 0 Å². The lowest BCUT2D eigenvalue weighted by Crippen LogP contribution is -2.41. The standard InChI is InChI=1S/C26H45NO3SSi/c1-19(12-11-13-20(2)17-29-32(9,10)26(6,7)8)14-15-25(30-23(5)28)21(3)16-24-18-31-22(4)27-24/h14,16,18,20,25H,11-13,15,17H2,1-10H3/b19-14+,21-16+. The first-order valence-corrected chi connectivity index (χ1v) is 15.6. The van der Waals surface area contributed by atoms with Crippen molar-refractivity contribution in [2.45, 2.75) is 105 Å². The Balaban J connectivity index is 2.55. The molecule has 1 aromatic heterocycles. The second-order valence-electron chi connectivity index (χ2n) is 10.6. The van der Waals surface area contributed by atoms with Crippen molar-refractivity contribution in [2.75, 3.05) is 6.61 Å². The van der Waals surface area contributed by atoms with Crippen LogP contribution in [-0.2, 0) is 14.0 Å². The summed E-state index contributed by atoms with van der Waals surface area (Å²) in [5.74, 6) is 0.316. The molecule has 0 aliphatic rings. The average Bonchev–Trinajstić information content (AvgIpc) is 3.06. The summed E-state index contributed by atoms with van der Waals surface area (Å²) in [5, 5.41) is 3.32. The first-order chi connectivity index (χ1) is 14.7. The summed E-state index contributed by atoms with van der Waals surface area (Å²) in [5.41, 5.74) is 3.29. The Morgan fingerprint density at radius 2 is 1.91 bits per heavy atom. The Morgan fingerprint density at radius 1 is 1.25 bits per heavy atom. The van der Waals surface area contributed by atoms with E-state index in [0.717, 1.165) is 42.1 Å². The number of ether oxygens (including phenoxy) is 1. The van der Waals surface area contributed by atoms with E-state index in [1.54, 1.807) is 11.3 Å². The minimum Gasteiger partial charge on any atom is -0.458 e. The Hall–Kier alpha value is -1.24. The van der Waals surface area contributed by atoms with E-state index in [2.05, 4.69) is 58.8 Å². The highest BCUT2D eigenvalue weighted by Crippen LogP contribution is 2.37. The number of carbonyl (C=O) groups excluding carboxylic acids is 1. The molecule has 0 saturated heterocycles. The highest BCUT2D eigenvalue weighted by atomic mass is 32.1. The van der Waals surface area contributed by atoms with Gasteiger partial charge in [0.15, 0.2) is 8.32 Å². The third-order valence-corrected chi connectivity index (χ3v) is 11.6. The van der Waals surface area contributed by atoms with Crippen LogP contribution in [0.3, 0.4) is 0 Å². The van der Waals surface area contributed by atoms with Crippen LogP contribution in [0.4, 0.5) is 0 Å². The molecule has 0 amide bonds. The van der Waals surface area contributed by atoms with Gasteiger partial charge in [-0.3, -0.25) is 4.79 Å². The topological polar surface area (TPSA) is 48.4 Å². The van der Waals surface area contributed by atoms with E-state index in [-0.39, 0.29) is 17.1 Å². The molecule has 0 aliphatic heterocycles. The number of rotatable bonds is 12. The predicted molar refractivity (Wildman–Crippen MR) is 141 cm³/mol. The van der Waals surface area contributed by atoms with Gasteiger partial charge in [0.2, 0.25) is 0 Å². The zero-order valence-electron chi connectivity index (χ0n) is 22.0. The van der Waals surface area contributed by atoms with Crippen molar-refractivity contribution in [3.63, 3.8) is 0 Å². The quantitative estimate of drug-likeness (QED) is 0.173. The van der Waals surface area contributed by atoms with Crippen LogP contribution in [0, 0.1) is 12.8 Å². The van der Waals surface area contributed by atoms with Gasteiger partial charge in [-0.2, -0.15) is 0 Å². The molecule has 4 nitrogen and oxygen atoms in total. The molecule has 0 fully saturated rings. The number of hydrogen-bond acceptors (Lipinski definition) is 5. The second kappa shape index (κ2) is 12.9. The van der Waals surface area contributed by atoms with Gasteiger partial charge >= 0.3 is 5.97 Å². The summed E-state index contributed by atoms with van der Waals surface area (Å²) in [4.78, 5) is 16.1. The Kier molecular flexibility index (Phi) is 11.6. The molecule has 0 spiro atoms. The number of thiazole rings is 1. The fourth-order valence-electron chi connectivity index (χ4n) is 3.09. The molecule has 32 heavy (non-hydrogen) atoms. The first kappa shape index (κ1) is 28.8. The van der Waals surface area contributed by atoms with Gasteiger partial charge in [0.1, 0.15) is 6.10 Å². The van der Waals surface area contributed by atoms with E-state index in [4.69, 9.17) is 9.16 Å². The predicted octanol–water partition coefficient (Wildman–Crippen LogP) is 7.95. The molecule has 1 heterocycles. The van der Waals surface area contributed by atoms with Crippen LogP contribution in [0.5, 0.6) is 0 Å². The molecule has 0 aromatic carbocycles. The van der Waals surface area contributed by atoms with E-state index in [0.29, 0.717) is 12.3 Å². The number of carbonyl (C=O) groups is 1. The number of aromatic nitrogens is 1. The molecule has 0 saturated carbocycles. The molecule has 0 aliphatic carbocycles. The SMILES string of the molecule is CC(=O)OC(C/C=C(\C)CCCC(C)CO[Si](C)(C)C(C)(C)C)/C(C)=C/c1csc(C)n1. The van der Waals surface area contributed by atoms with Crippen molar-refractivity contribution < 1.29 is 14.0 Å². The fourth-order valence-corrected chi connectivity index (χ4v) is 4.79. The van der Waals surface area contributed by atoms with Crippen LogP contribution in [-0.4, -0.2) is 32.0 Å². The smallest absolute Gasteiger partial charge is 0.303 e. The van der Waals surface area contributed by atoms with Gasteiger partial charge in [-0.1, -0.05) is 39.3 Å². The molecule has 2 atom stereocenters. The highest BCUT2D eigenvalue weighted by molar-refractivity contribution is 7.09. The van der Waals surface area contributed by atoms with Crippen molar-refractivity contribution in [2.24, 2.45) is 5.92 Å². The number of aryl methyl sites for hydroxylation is 1. The molecular formula is C26H45NO3SSi. The molecule has 182 valence electrons. The molecule has 6 heteroatoms. The van der Waals surface area contributed by atoms with Crippen molar-refractivity contribution in [3.8, 4) is 0 Å². The summed E-state index contributed by atoms with van der Waals surface area (Å²) >= 11 is 1.63. The van der Waals surface area contributed by atoms with Gasteiger partial charge in [-0.15, -0.1) is 11.3 Å². The number of allylic oxidation sites excluding steroid dienone is 1. The highest BCUT2D eigenvalue weighted by Gasteiger charge is 2.37. The maximum absolute atomic E-state index is 11.6. The summed E-state index contributed by atoms with van der Waals surface area (Å²) < 4.78 is 12.0. The average molecular weight is 480 g/mol. The fraction of sp³-hybridized carbons (Fsp3) is 0.692. The number of esters is 1. The number of nitrogens with zero attached hydrogens (tertiary/aromatic N) is 1. The second-order valence-corrected chi connectivity index (χ2v) is 16.5. The van der Waals surface area contributed by atoms with Crippen LogP contribution in [0.25, 0.3) is 6.08 Å². The monoisotopic (exact) mass is 479 g/mol. The van der Waals surface area contributed by atoms with E-state index >= 15 is 0 Å². The van der Waals surface area contributed by atoms with Crippen LogP contribution in [0.1, 0.15) is 84.9 Å². The molecule has 2 unspecified atom stereocenters. The minimum atomic E-state index is -1.67. The number of hydrogen-bond donors (Lipinski definition) is 0. The van der Waals surface area contributed by atoms with E-state index in [9.17, 15) is 4.79 Å². The summed E-state index contributed by atoms with van der Waals surface area (Å²) in [6.07, 6.45) is 8.05. The Bertz CT molecular complexity index is 789. The van der Waals surface area contributed by atoms with Crippen molar-refractivity contribution in [1.29, 1.82) is 0 Å². The minimum absolute atomic E-state index is 0.249. The first-order valence-electron chi connectivity index (χ1n) is 11.8. The zero-order chi connectivity index (χ0) is 24.5. The largest absolute Gasteiger partial charge is 0.458 e. The third kappa shape index (κ3) is 10.6. The normalized spacial score (nSPS) is 15.6. The Labute approximate surface area is 201 Å². The lowest BCUT2D eigenvalue weighted by Gasteiger charge is -2.37. The van der Waals surface area contributed by atoms with Crippen molar-refractivity contribution in [1.82, 2.24) is 4.98 Å². The van der Waals surface area contributed by atoms with E-state index in [1.165, 1.54) is 12.5 Å². The van der Waals surface area contributed by atoms with E-state index < -0.39 is 8.32 Å². The molecule has 0 bridgehead atoms. The Morgan fingerprint density at radius 3 is 2.44 bits per heavy atom. The van der Waals surface area contributed by atoms with Crippen molar-refractivity contribution in [3.05, 3.63) is 33.3 Å². The van der Waals surface area contributed by atoms with Gasteiger partial charge < -0.3 is 9.16 Å². The molecule has 1 aromatic rings. The summed E-state index contributed by atoms with van der Waals surface area (Å²) in [6, 6.07) is 0. The van der Waals surface area contributed by atoms with E-state index in [1.807, 2.05) is 25.3 Å². The molecular weight excluding hydrogens is 434 g/mol. The van der Waals surface area contributed by atoms with Gasteiger partial charge in [-0.25, -0.2) is 4.98 Å². The van der Waals surface area contributed by atoms with Gasteiger partial charge in [-0.05, 0) is 75.7 Å². The van der Waals surface area contributed by atoms with Crippen LogP contribution in [0.2, 0.25) is 18.1 Å². The third-order valence-electron chi connectivity index (χ3n) is 6.31. The van der Waals surface area contributed by atoms with Crippen LogP contribution >= 0.6 is 11.3 Å². The zero-order valence-corrected chi connectivity index (χ0v) is 23.8.